The van der Waals surface area contributed by atoms with Gasteiger partial charge in [0.15, 0.2) is 9.84 Å². The number of nitriles is 1. The molecule has 0 radical (unpaired) electrons. The molecule has 0 aliphatic rings. The molecule has 29 heavy (non-hydrogen) atoms. The predicted octanol–water partition coefficient (Wildman–Crippen LogP) is 1.16. The number of rotatable bonds is 9. The minimum atomic E-state index is -3.88. The van der Waals surface area contributed by atoms with Gasteiger partial charge in [0.1, 0.15) is 0 Å². The fourth-order valence-electron chi connectivity index (χ4n) is 2.46. The van der Waals surface area contributed by atoms with Crippen LogP contribution in [0.4, 0.5) is 0 Å². The molecule has 0 fully saturated rings. The number of likely N-dealkylation sites (N-methyl/N-ethyl adjacent to an activating group) is 1. The average molecular weight is 436 g/mol. The van der Waals surface area contributed by atoms with E-state index in [-0.39, 0.29) is 28.5 Å². The summed E-state index contributed by atoms with van der Waals surface area (Å²) in [5, 5.41) is 11.3. The van der Waals surface area contributed by atoms with Crippen LogP contribution in [-0.2, 0) is 24.7 Å². The van der Waals surface area contributed by atoms with Gasteiger partial charge in [-0.15, -0.1) is 0 Å². The van der Waals surface area contributed by atoms with Gasteiger partial charge in [0.2, 0.25) is 15.9 Å². The van der Waals surface area contributed by atoms with Crippen LogP contribution < -0.4 is 5.32 Å². The number of carbonyl (C=O) groups excluding carboxylic acids is 1. The maximum Gasteiger partial charge on any atom is 0.243 e. The van der Waals surface area contributed by atoms with Crippen LogP contribution in [0.2, 0.25) is 0 Å². The number of carbonyl (C=O) groups is 1. The van der Waals surface area contributed by atoms with Crippen molar-refractivity contribution < 1.29 is 21.6 Å². The summed E-state index contributed by atoms with van der Waals surface area (Å²) in [4.78, 5) is 12.2. The first-order valence-corrected chi connectivity index (χ1v) is 11.8. The minimum Gasteiger partial charge on any atom is -0.355 e. The Kier molecular flexibility index (Phi) is 7.50. The van der Waals surface area contributed by atoms with E-state index in [0.717, 1.165) is 4.31 Å². The minimum absolute atomic E-state index is 0.0271. The fourth-order valence-corrected chi connectivity index (χ4v) is 4.92. The van der Waals surface area contributed by atoms with Crippen molar-refractivity contribution in [2.45, 2.75) is 16.2 Å². The highest BCUT2D eigenvalue weighted by Gasteiger charge is 2.23. The van der Waals surface area contributed by atoms with Crippen molar-refractivity contribution in [1.29, 1.82) is 5.26 Å². The molecule has 0 unspecified atom stereocenters. The van der Waals surface area contributed by atoms with Crippen LogP contribution in [0.25, 0.3) is 0 Å². The molecule has 0 atom stereocenters. The molecule has 0 aliphatic carbocycles. The quantitative estimate of drug-likeness (QED) is 0.589. The molecule has 8 nitrogen and oxygen atoms in total. The lowest BCUT2D eigenvalue weighted by Gasteiger charge is -2.17. The Morgan fingerprint density at radius 1 is 1.00 bits per heavy atom. The molecule has 154 valence electrons. The Morgan fingerprint density at radius 3 is 2.21 bits per heavy atom. The molecule has 0 saturated carbocycles. The zero-order valence-electron chi connectivity index (χ0n) is 15.8. The van der Waals surface area contributed by atoms with Crippen molar-refractivity contribution in [2.24, 2.45) is 0 Å². The van der Waals surface area contributed by atoms with Crippen LogP contribution in [0.1, 0.15) is 12.0 Å². The van der Waals surface area contributed by atoms with Crippen LogP contribution in [0.3, 0.4) is 0 Å². The Balaban J connectivity index is 1.84. The average Bonchev–Trinajstić information content (AvgIpc) is 2.72. The summed E-state index contributed by atoms with van der Waals surface area (Å²) >= 11 is 0. The lowest BCUT2D eigenvalue weighted by Crippen LogP contribution is -2.38. The molecule has 1 N–H and O–H groups in total. The highest BCUT2D eigenvalue weighted by atomic mass is 32.2. The fraction of sp³-hybridized carbons (Fsp3) is 0.263. The van der Waals surface area contributed by atoms with E-state index in [1.54, 1.807) is 18.2 Å². The van der Waals surface area contributed by atoms with Gasteiger partial charge in [-0.25, -0.2) is 16.8 Å². The molecule has 0 aromatic heterocycles. The Hall–Kier alpha value is -2.74. The van der Waals surface area contributed by atoms with Crippen LogP contribution >= 0.6 is 0 Å². The number of nitrogens with one attached hydrogen (secondary N) is 1. The summed E-state index contributed by atoms with van der Waals surface area (Å²) in [5.41, 5.74) is 0.329. The molecule has 10 heteroatoms. The van der Waals surface area contributed by atoms with E-state index >= 15 is 0 Å². The summed E-state index contributed by atoms with van der Waals surface area (Å²) in [6, 6.07) is 15.3. The second kappa shape index (κ2) is 9.65. The van der Waals surface area contributed by atoms with E-state index in [1.807, 2.05) is 6.07 Å². The molecule has 0 aliphatic heterocycles. The molecule has 0 bridgehead atoms. The Labute approximate surface area is 170 Å². The van der Waals surface area contributed by atoms with Crippen molar-refractivity contribution in [3.8, 4) is 6.07 Å². The zero-order valence-corrected chi connectivity index (χ0v) is 17.4. The molecule has 0 spiro atoms. The van der Waals surface area contributed by atoms with Crippen molar-refractivity contribution >= 4 is 25.8 Å². The SMILES string of the molecule is CN(CC(=O)NCCCS(=O)(=O)c1ccccc1)S(=O)(=O)c1ccc(C#N)cc1. The lowest BCUT2D eigenvalue weighted by molar-refractivity contribution is -0.121. The van der Waals surface area contributed by atoms with Crippen molar-refractivity contribution in [2.75, 3.05) is 25.9 Å². The second-order valence-electron chi connectivity index (χ2n) is 6.23. The van der Waals surface area contributed by atoms with Crippen LogP contribution in [0.5, 0.6) is 0 Å². The van der Waals surface area contributed by atoms with Gasteiger partial charge in [0, 0.05) is 13.6 Å². The highest BCUT2D eigenvalue weighted by Crippen LogP contribution is 2.15. The number of sulfone groups is 1. The zero-order chi connectivity index (χ0) is 21.5. The first-order valence-electron chi connectivity index (χ1n) is 8.68. The van der Waals surface area contributed by atoms with Crippen molar-refractivity contribution in [3.05, 3.63) is 60.2 Å². The molecule has 2 aromatic carbocycles. The molecule has 0 heterocycles. The summed E-state index contributed by atoms with van der Waals surface area (Å²) < 4.78 is 50.2. The van der Waals surface area contributed by atoms with E-state index in [2.05, 4.69) is 5.32 Å². The van der Waals surface area contributed by atoms with E-state index in [4.69, 9.17) is 5.26 Å². The summed E-state index contributed by atoms with van der Waals surface area (Å²) in [6.45, 7) is -0.302. The lowest BCUT2D eigenvalue weighted by atomic mass is 10.2. The molecular weight excluding hydrogens is 414 g/mol. The topological polar surface area (TPSA) is 124 Å². The molecule has 2 aromatic rings. The summed E-state index contributed by atoms with van der Waals surface area (Å²) in [6.07, 6.45) is 0.203. The third-order valence-electron chi connectivity index (χ3n) is 4.07. The van der Waals surface area contributed by atoms with Gasteiger partial charge in [-0.1, -0.05) is 18.2 Å². The number of hydrogen-bond acceptors (Lipinski definition) is 6. The van der Waals surface area contributed by atoms with Gasteiger partial charge in [-0.05, 0) is 42.8 Å². The van der Waals surface area contributed by atoms with E-state index in [9.17, 15) is 21.6 Å². The van der Waals surface area contributed by atoms with E-state index in [1.165, 1.54) is 43.4 Å². The standard InChI is InChI=1S/C19H21N3O5S2/c1-22(29(26,27)18-10-8-16(14-20)9-11-18)15-19(23)21-12-5-13-28(24,25)17-6-3-2-4-7-17/h2-4,6-11H,5,12-13,15H2,1H3,(H,21,23). The van der Waals surface area contributed by atoms with Gasteiger partial charge >= 0.3 is 0 Å². The first-order chi connectivity index (χ1) is 13.7. The van der Waals surface area contributed by atoms with Gasteiger partial charge in [-0.2, -0.15) is 9.57 Å². The van der Waals surface area contributed by atoms with Crippen molar-refractivity contribution in [1.82, 2.24) is 9.62 Å². The first kappa shape index (κ1) is 22.5. The van der Waals surface area contributed by atoms with Crippen LogP contribution in [0, 0.1) is 11.3 Å². The van der Waals surface area contributed by atoms with Crippen LogP contribution in [0.15, 0.2) is 64.4 Å². The van der Waals surface area contributed by atoms with Crippen LogP contribution in [-0.4, -0.2) is 52.9 Å². The molecule has 2 rings (SSSR count). The molecular formula is C19H21N3O5S2. The number of nitrogens with zero attached hydrogens (tertiary/aromatic N) is 2. The maximum absolute atomic E-state index is 12.5. The maximum atomic E-state index is 12.5. The number of amides is 1. The third-order valence-corrected chi connectivity index (χ3v) is 7.71. The van der Waals surface area contributed by atoms with Gasteiger partial charge in [0.25, 0.3) is 0 Å². The van der Waals surface area contributed by atoms with Crippen molar-refractivity contribution in [3.63, 3.8) is 0 Å². The Bertz CT molecular complexity index is 1090. The molecule has 1 amide bonds. The number of benzene rings is 2. The van der Waals surface area contributed by atoms with E-state index in [0.29, 0.717) is 5.56 Å². The number of sulfonamides is 1. The predicted molar refractivity (Wildman–Crippen MR) is 107 cm³/mol. The summed E-state index contributed by atoms with van der Waals surface area (Å²) in [5.74, 6) is -0.668. The normalized spacial score (nSPS) is 11.8. The monoisotopic (exact) mass is 435 g/mol. The largest absolute Gasteiger partial charge is 0.355 e. The number of hydrogen-bond donors (Lipinski definition) is 1. The van der Waals surface area contributed by atoms with E-state index < -0.39 is 32.3 Å². The second-order valence-corrected chi connectivity index (χ2v) is 10.4. The van der Waals surface area contributed by atoms with Gasteiger partial charge in [-0.3, -0.25) is 4.79 Å². The summed E-state index contributed by atoms with van der Waals surface area (Å²) in [7, 11) is -6.04. The van der Waals surface area contributed by atoms with Gasteiger partial charge in [0.05, 0.1) is 33.7 Å². The highest BCUT2D eigenvalue weighted by molar-refractivity contribution is 7.91. The van der Waals surface area contributed by atoms with Gasteiger partial charge < -0.3 is 5.32 Å². The Morgan fingerprint density at radius 2 is 1.62 bits per heavy atom. The smallest absolute Gasteiger partial charge is 0.243 e. The third kappa shape index (κ3) is 6.12. The molecule has 0 saturated heterocycles.